The van der Waals surface area contributed by atoms with Crippen molar-refractivity contribution in [1.82, 2.24) is 20.0 Å². The minimum atomic E-state index is -0.926. The highest BCUT2D eigenvalue weighted by Gasteiger charge is 2.14. The molecule has 0 atom stereocenters. The lowest BCUT2D eigenvalue weighted by Crippen LogP contribution is -2.29. The van der Waals surface area contributed by atoms with Gasteiger partial charge in [0.25, 0.3) is 0 Å². The van der Waals surface area contributed by atoms with Crippen LogP contribution in [0.1, 0.15) is 36.3 Å². The van der Waals surface area contributed by atoms with E-state index in [0.29, 0.717) is 18.3 Å². The fraction of sp³-hybridized carbons (Fsp3) is 0.692. The minimum absolute atomic E-state index is 0.272. The maximum absolute atomic E-state index is 11.0. The van der Waals surface area contributed by atoms with Crippen molar-refractivity contribution in [2.24, 2.45) is 7.05 Å². The first kappa shape index (κ1) is 15.7. The number of nitrogens with zero attached hydrogens (tertiary/aromatic N) is 3. The molecule has 6 heteroatoms. The topological polar surface area (TPSA) is 70.4 Å². The average molecular weight is 268 g/mol. The summed E-state index contributed by atoms with van der Waals surface area (Å²) in [5.41, 5.74) is 0.985. The lowest BCUT2D eigenvalue weighted by atomic mass is 10.2. The van der Waals surface area contributed by atoms with Crippen LogP contribution >= 0.6 is 0 Å². The zero-order valence-corrected chi connectivity index (χ0v) is 12.2. The van der Waals surface area contributed by atoms with Gasteiger partial charge >= 0.3 is 5.97 Å². The zero-order chi connectivity index (χ0) is 14.4. The zero-order valence-electron chi connectivity index (χ0n) is 12.2. The Morgan fingerprint density at radius 2 is 2.26 bits per heavy atom. The van der Waals surface area contributed by atoms with Crippen molar-refractivity contribution >= 4 is 5.97 Å². The van der Waals surface area contributed by atoms with E-state index >= 15 is 0 Å². The summed E-state index contributed by atoms with van der Waals surface area (Å²) in [4.78, 5) is 13.3. The monoisotopic (exact) mass is 268 g/mol. The predicted molar refractivity (Wildman–Crippen MR) is 74.3 cm³/mol. The van der Waals surface area contributed by atoms with E-state index in [-0.39, 0.29) is 5.56 Å². The number of aromatic nitrogens is 2. The van der Waals surface area contributed by atoms with Crippen LogP contribution in [0.25, 0.3) is 0 Å². The molecular weight excluding hydrogens is 244 g/mol. The number of hydrogen-bond acceptors (Lipinski definition) is 4. The number of aryl methyl sites for hydroxylation is 1. The SMILES string of the molecule is CC(C)N(C)CCCNCc1c(C(=O)O)cnn1C. The summed E-state index contributed by atoms with van der Waals surface area (Å²) in [6, 6.07) is 0.552. The normalized spacial score (nSPS) is 11.5. The highest BCUT2D eigenvalue weighted by molar-refractivity contribution is 5.88. The molecule has 19 heavy (non-hydrogen) atoms. The van der Waals surface area contributed by atoms with Crippen LogP contribution in [0.3, 0.4) is 0 Å². The fourth-order valence-electron chi connectivity index (χ4n) is 1.77. The van der Waals surface area contributed by atoms with E-state index in [9.17, 15) is 4.79 Å². The van der Waals surface area contributed by atoms with Crippen molar-refractivity contribution < 1.29 is 9.90 Å². The van der Waals surface area contributed by atoms with Crippen molar-refractivity contribution in [2.45, 2.75) is 32.9 Å². The molecule has 1 heterocycles. The molecule has 0 spiro atoms. The highest BCUT2D eigenvalue weighted by Crippen LogP contribution is 2.07. The van der Waals surface area contributed by atoms with Crippen molar-refractivity contribution in [2.75, 3.05) is 20.1 Å². The maximum Gasteiger partial charge on any atom is 0.339 e. The predicted octanol–water partition coefficient (Wildman–Crippen LogP) is 0.938. The Hall–Kier alpha value is -1.40. The van der Waals surface area contributed by atoms with E-state index in [1.165, 1.54) is 6.20 Å². The Balaban J connectivity index is 2.34. The van der Waals surface area contributed by atoms with Crippen LogP contribution in [-0.4, -0.2) is 51.9 Å². The Morgan fingerprint density at radius 3 is 2.84 bits per heavy atom. The van der Waals surface area contributed by atoms with E-state index in [0.717, 1.165) is 19.5 Å². The quantitative estimate of drug-likeness (QED) is 0.687. The van der Waals surface area contributed by atoms with Crippen LogP contribution in [0, 0.1) is 0 Å². The van der Waals surface area contributed by atoms with Gasteiger partial charge in [0.05, 0.1) is 11.9 Å². The van der Waals surface area contributed by atoms with Crippen LogP contribution in [0.4, 0.5) is 0 Å². The number of aromatic carboxylic acids is 1. The average Bonchev–Trinajstić information content (AvgIpc) is 2.70. The Kier molecular flexibility index (Phi) is 5.98. The summed E-state index contributed by atoms with van der Waals surface area (Å²) in [6.45, 7) is 6.76. The number of carboxylic acids is 1. The molecule has 0 bridgehead atoms. The Bertz CT molecular complexity index is 415. The molecule has 1 aromatic rings. The van der Waals surface area contributed by atoms with Gasteiger partial charge in [0, 0.05) is 19.6 Å². The van der Waals surface area contributed by atoms with Gasteiger partial charge < -0.3 is 15.3 Å². The third-order valence-electron chi connectivity index (χ3n) is 3.33. The number of rotatable bonds is 8. The molecule has 1 rings (SSSR count). The molecule has 2 N–H and O–H groups in total. The minimum Gasteiger partial charge on any atom is -0.478 e. The van der Waals surface area contributed by atoms with Gasteiger partial charge in [-0.15, -0.1) is 0 Å². The summed E-state index contributed by atoms with van der Waals surface area (Å²) in [7, 11) is 3.87. The van der Waals surface area contributed by atoms with Crippen LogP contribution < -0.4 is 5.32 Å². The smallest absolute Gasteiger partial charge is 0.339 e. The second-order valence-electron chi connectivity index (χ2n) is 5.04. The van der Waals surface area contributed by atoms with Gasteiger partial charge in [-0.2, -0.15) is 5.10 Å². The molecule has 108 valence electrons. The maximum atomic E-state index is 11.0. The second kappa shape index (κ2) is 7.25. The Labute approximate surface area is 114 Å². The molecule has 0 aliphatic heterocycles. The number of nitrogens with one attached hydrogen (secondary N) is 1. The van der Waals surface area contributed by atoms with Gasteiger partial charge in [0.2, 0.25) is 0 Å². The first-order valence-corrected chi connectivity index (χ1v) is 6.58. The van der Waals surface area contributed by atoms with Gasteiger partial charge in [-0.25, -0.2) is 4.79 Å². The van der Waals surface area contributed by atoms with Gasteiger partial charge in [-0.1, -0.05) is 0 Å². The van der Waals surface area contributed by atoms with E-state index in [1.54, 1.807) is 11.7 Å². The third kappa shape index (κ3) is 4.65. The van der Waals surface area contributed by atoms with E-state index < -0.39 is 5.97 Å². The van der Waals surface area contributed by atoms with Crippen molar-refractivity contribution in [3.05, 3.63) is 17.5 Å². The fourth-order valence-corrected chi connectivity index (χ4v) is 1.77. The van der Waals surface area contributed by atoms with Crippen LogP contribution in [0.15, 0.2) is 6.20 Å². The number of carbonyl (C=O) groups is 1. The summed E-state index contributed by atoms with van der Waals surface area (Å²) >= 11 is 0. The lowest BCUT2D eigenvalue weighted by Gasteiger charge is -2.20. The van der Waals surface area contributed by atoms with E-state index in [2.05, 4.69) is 36.2 Å². The van der Waals surface area contributed by atoms with Gasteiger partial charge in [0.1, 0.15) is 5.56 Å². The molecule has 0 unspecified atom stereocenters. The first-order valence-electron chi connectivity index (χ1n) is 6.58. The van der Waals surface area contributed by atoms with E-state index in [1.807, 2.05) is 0 Å². The van der Waals surface area contributed by atoms with Crippen LogP contribution in [0.5, 0.6) is 0 Å². The summed E-state index contributed by atoms with van der Waals surface area (Å²) < 4.78 is 1.61. The molecule has 0 aromatic carbocycles. The summed E-state index contributed by atoms with van der Waals surface area (Å²) in [5.74, 6) is -0.926. The van der Waals surface area contributed by atoms with Crippen LogP contribution in [0.2, 0.25) is 0 Å². The van der Waals surface area contributed by atoms with Gasteiger partial charge in [-0.3, -0.25) is 4.68 Å². The lowest BCUT2D eigenvalue weighted by molar-refractivity contribution is 0.0695. The summed E-state index contributed by atoms with van der Waals surface area (Å²) in [6.07, 6.45) is 2.43. The largest absolute Gasteiger partial charge is 0.478 e. The standard InChI is InChI=1S/C13H24N4O2/c1-10(2)16(3)7-5-6-14-9-12-11(13(18)19)8-15-17(12)4/h8,10,14H,5-7,9H2,1-4H3,(H,18,19). The summed E-state index contributed by atoms with van der Waals surface area (Å²) in [5, 5.41) is 16.3. The molecule has 0 fully saturated rings. The highest BCUT2D eigenvalue weighted by atomic mass is 16.4. The Morgan fingerprint density at radius 1 is 1.58 bits per heavy atom. The van der Waals surface area contributed by atoms with E-state index in [4.69, 9.17) is 5.11 Å². The van der Waals surface area contributed by atoms with Gasteiger partial charge in [-0.05, 0) is 40.4 Å². The van der Waals surface area contributed by atoms with Crippen LogP contribution in [-0.2, 0) is 13.6 Å². The van der Waals surface area contributed by atoms with Crippen molar-refractivity contribution in [1.29, 1.82) is 0 Å². The molecule has 0 aliphatic rings. The molecular formula is C13H24N4O2. The molecule has 0 saturated carbocycles. The number of carboxylic acid groups (broad SMARTS) is 1. The van der Waals surface area contributed by atoms with Crippen molar-refractivity contribution in [3.8, 4) is 0 Å². The molecule has 0 amide bonds. The second-order valence-corrected chi connectivity index (χ2v) is 5.04. The molecule has 1 aromatic heterocycles. The number of hydrogen-bond donors (Lipinski definition) is 2. The molecule has 0 radical (unpaired) electrons. The van der Waals surface area contributed by atoms with Gasteiger partial charge in [0.15, 0.2) is 0 Å². The molecule has 6 nitrogen and oxygen atoms in total. The first-order chi connectivity index (χ1) is 8.93. The third-order valence-corrected chi connectivity index (χ3v) is 3.33. The van der Waals surface area contributed by atoms with Crippen molar-refractivity contribution in [3.63, 3.8) is 0 Å². The molecule has 0 aliphatic carbocycles. The molecule has 0 saturated heterocycles.